The van der Waals surface area contributed by atoms with Gasteiger partial charge in [0, 0.05) is 0 Å². The molecule has 0 spiro atoms. The molecule has 1 aromatic rings. The van der Waals surface area contributed by atoms with Crippen LogP contribution in [0.25, 0.3) is 0 Å². The molecule has 0 N–H and O–H groups in total. The summed E-state index contributed by atoms with van der Waals surface area (Å²) in [6.45, 7) is 2.21. The fraction of sp³-hybridized carbons (Fsp3) is 0.250. The molecule has 0 aromatic heterocycles. The Bertz CT molecular complexity index is 157. The molecule has 0 aliphatic heterocycles. The molecule has 9 heavy (non-hydrogen) atoms. The number of rotatable bonds is 2. The molecule has 0 aliphatic carbocycles. The molecule has 0 amide bonds. The molecule has 0 saturated carbocycles. The summed E-state index contributed by atoms with van der Waals surface area (Å²) < 4.78 is 0. The second-order valence-corrected chi connectivity index (χ2v) is 3.53. The van der Waals surface area contributed by atoms with Crippen molar-refractivity contribution in [2.75, 3.05) is 6.16 Å². The third kappa shape index (κ3) is 2.15. The van der Waals surface area contributed by atoms with E-state index in [0.29, 0.717) is 0 Å². The Kier molecular flexibility index (Phi) is 2.73. The molecule has 1 atom stereocenters. The first-order chi connectivity index (χ1) is 4.43. The Morgan fingerprint density at radius 3 is 2.44 bits per heavy atom. The van der Waals surface area contributed by atoms with Crippen molar-refractivity contribution in [2.45, 2.75) is 6.92 Å². The van der Waals surface area contributed by atoms with E-state index in [9.17, 15) is 0 Å². The second-order valence-electron chi connectivity index (χ2n) is 1.90. The lowest BCUT2D eigenvalue weighted by atomic mass is 10.4. The van der Waals surface area contributed by atoms with E-state index in [-0.39, 0.29) is 0 Å². The van der Waals surface area contributed by atoms with E-state index in [1.807, 2.05) is 0 Å². The average Bonchev–Trinajstić information content (AvgIpc) is 1.91. The summed E-state index contributed by atoms with van der Waals surface area (Å²) in [7, 11) is 0.987. The molecule has 0 nitrogen and oxygen atoms in total. The van der Waals surface area contributed by atoms with E-state index < -0.39 is 0 Å². The van der Waals surface area contributed by atoms with Gasteiger partial charge in [-0.1, -0.05) is 45.8 Å². The lowest BCUT2D eigenvalue weighted by molar-refractivity contribution is 1.52. The van der Waals surface area contributed by atoms with Gasteiger partial charge in [0.15, 0.2) is 0 Å². The van der Waals surface area contributed by atoms with Crippen molar-refractivity contribution in [2.24, 2.45) is 0 Å². The summed E-state index contributed by atoms with van der Waals surface area (Å²) >= 11 is 0. The predicted octanol–water partition coefficient (Wildman–Crippen LogP) is 2.01. The van der Waals surface area contributed by atoms with E-state index in [4.69, 9.17) is 0 Å². The van der Waals surface area contributed by atoms with Crippen LogP contribution in [0.4, 0.5) is 0 Å². The molecule has 0 aliphatic rings. The number of benzene rings is 1. The summed E-state index contributed by atoms with van der Waals surface area (Å²) in [5.74, 6) is 0. The summed E-state index contributed by atoms with van der Waals surface area (Å²) in [6.07, 6.45) is 1.27. The van der Waals surface area contributed by atoms with Gasteiger partial charge in [0.05, 0.1) is 0 Å². The topological polar surface area (TPSA) is 0 Å². The molecule has 1 heteroatoms. The average molecular weight is 138 g/mol. The Balaban J connectivity index is 2.61. The standard InChI is InChI=1S/C8H11P/c1-2-9-8-6-4-3-5-7-8/h3-7,9H,2H2,1H3. The predicted molar refractivity (Wildman–Crippen MR) is 44.9 cm³/mol. The smallest absolute Gasteiger partial charge is 0.0272 e. The van der Waals surface area contributed by atoms with Crippen LogP contribution in [0.15, 0.2) is 30.3 Å². The van der Waals surface area contributed by atoms with Gasteiger partial charge in [-0.3, -0.25) is 0 Å². The third-order valence-corrected chi connectivity index (χ3v) is 2.25. The minimum atomic E-state index is 0.987. The summed E-state index contributed by atoms with van der Waals surface area (Å²) in [5.41, 5.74) is 0. The van der Waals surface area contributed by atoms with Crippen LogP contribution in [0, 0.1) is 0 Å². The maximum absolute atomic E-state index is 2.21. The van der Waals surface area contributed by atoms with Crippen LogP contribution in [0.2, 0.25) is 0 Å². The van der Waals surface area contributed by atoms with Crippen molar-refractivity contribution >= 4 is 13.9 Å². The molecule has 1 rings (SSSR count). The van der Waals surface area contributed by atoms with Gasteiger partial charge in [-0.2, -0.15) is 0 Å². The lowest BCUT2D eigenvalue weighted by Gasteiger charge is -1.94. The minimum absolute atomic E-state index is 0.987. The quantitative estimate of drug-likeness (QED) is 0.548. The molecule has 0 fully saturated rings. The molecular formula is C8H11P. The molecule has 0 radical (unpaired) electrons. The summed E-state index contributed by atoms with van der Waals surface area (Å²) in [4.78, 5) is 0. The van der Waals surface area contributed by atoms with Gasteiger partial charge >= 0.3 is 0 Å². The fourth-order valence-corrected chi connectivity index (χ4v) is 1.60. The van der Waals surface area contributed by atoms with Crippen molar-refractivity contribution in [1.29, 1.82) is 0 Å². The molecule has 0 bridgehead atoms. The zero-order chi connectivity index (χ0) is 6.53. The van der Waals surface area contributed by atoms with Crippen LogP contribution in [-0.4, -0.2) is 6.16 Å². The highest BCUT2D eigenvalue weighted by atomic mass is 31.1. The normalized spacial score (nSPS) is 10.8. The van der Waals surface area contributed by atoms with Crippen molar-refractivity contribution in [1.82, 2.24) is 0 Å². The van der Waals surface area contributed by atoms with Crippen molar-refractivity contribution in [3.8, 4) is 0 Å². The maximum Gasteiger partial charge on any atom is -0.0272 e. The van der Waals surface area contributed by atoms with Crippen LogP contribution < -0.4 is 5.30 Å². The van der Waals surface area contributed by atoms with Crippen LogP contribution in [0.5, 0.6) is 0 Å². The van der Waals surface area contributed by atoms with E-state index >= 15 is 0 Å². The molecular weight excluding hydrogens is 127 g/mol. The maximum atomic E-state index is 2.21. The van der Waals surface area contributed by atoms with Crippen molar-refractivity contribution in [3.63, 3.8) is 0 Å². The second kappa shape index (κ2) is 3.63. The fourth-order valence-electron chi connectivity index (χ4n) is 0.760. The third-order valence-electron chi connectivity index (χ3n) is 1.15. The van der Waals surface area contributed by atoms with Gasteiger partial charge < -0.3 is 0 Å². The molecule has 0 saturated heterocycles. The zero-order valence-electron chi connectivity index (χ0n) is 5.59. The Hall–Kier alpha value is -0.350. The highest BCUT2D eigenvalue weighted by Crippen LogP contribution is 2.06. The first-order valence-electron chi connectivity index (χ1n) is 3.22. The lowest BCUT2D eigenvalue weighted by Crippen LogP contribution is -1.90. The highest BCUT2D eigenvalue weighted by molar-refractivity contribution is 7.47. The molecule has 0 heterocycles. The van der Waals surface area contributed by atoms with E-state index in [0.717, 1.165) is 8.58 Å². The minimum Gasteiger partial charge on any atom is -0.0907 e. The largest absolute Gasteiger partial charge is 0.0907 e. The summed E-state index contributed by atoms with van der Waals surface area (Å²) in [6, 6.07) is 10.6. The van der Waals surface area contributed by atoms with Gasteiger partial charge in [-0.25, -0.2) is 0 Å². The van der Waals surface area contributed by atoms with Gasteiger partial charge in [-0.05, 0) is 11.5 Å². The van der Waals surface area contributed by atoms with E-state index in [1.54, 1.807) is 0 Å². The zero-order valence-corrected chi connectivity index (χ0v) is 6.59. The SMILES string of the molecule is CCPc1ccccc1. The van der Waals surface area contributed by atoms with Gasteiger partial charge in [-0.15, -0.1) is 0 Å². The van der Waals surface area contributed by atoms with Gasteiger partial charge in [0.25, 0.3) is 0 Å². The van der Waals surface area contributed by atoms with Crippen LogP contribution >= 0.6 is 8.58 Å². The van der Waals surface area contributed by atoms with Crippen LogP contribution in [0.3, 0.4) is 0 Å². The number of hydrogen-bond acceptors (Lipinski definition) is 0. The van der Waals surface area contributed by atoms with Gasteiger partial charge in [0.1, 0.15) is 0 Å². The molecule has 1 aromatic carbocycles. The number of hydrogen-bond donors (Lipinski definition) is 0. The Labute approximate surface area is 58.1 Å². The van der Waals surface area contributed by atoms with Gasteiger partial charge in [0.2, 0.25) is 0 Å². The Morgan fingerprint density at radius 1 is 1.22 bits per heavy atom. The van der Waals surface area contributed by atoms with Crippen molar-refractivity contribution in [3.05, 3.63) is 30.3 Å². The molecule has 48 valence electrons. The first kappa shape index (κ1) is 6.77. The molecule has 1 unspecified atom stereocenters. The van der Waals surface area contributed by atoms with Crippen LogP contribution in [-0.2, 0) is 0 Å². The summed E-state index contributed by atoms with van der Waals surface area (Å²) in [5, 5.41) is 1.47. The van der Waals surface area contributed by atoms with E-state index in [2.05, 4.69) is 37.3 Å². The monoisotopic (exact) mass is 138 g/mol. The highest BCUT2D eigenvalue weighted by Gasteiger charge is 1.84. The van der Waals surface area contributed by atoms with Crippen LogP contribution in [0.1, 0.15) is 6.92 Å². The van der Waals surface area contributed by atoms with Crippen molar-refractivity contribution < 1.29 is 0 Å². The first-order valence-corrected chi connectivity index (χ1v) is 4.43. The Morgan fingerprint density at radius 2 is 1.89 bits per heavy atom. The van der Waals surface area contributed by atoms with E-state index in [1.165, 1.54) is 11.5 Å².